The van der Waals surface area contributed by atoms with Gasteiger partial charge in [0.1, 0.15) is 5.75 Å². The molecule has 2 aromatic carbocycles. The lowest BCUT2D eigenvalue weighted by molar-refractivity contribution is -0.128. The quantitative estimate of drug-likeness (QED) is 0.464. The van der Waals surface area contributed by atoms with E-state index >= 15 is 0 Å². The number of fused-ring (bicyclic) bond motifs is 2. The van der Waals surface area contributed by atoms with Crippen LogP contribution < -0.4 is 10.1 Å². The van der Waals surface area contributed by atoms with Crippen molar-refractivity contribution in [1.82, 2.24) is 14.9 Å². The highest BCUT2D eigenvalue weighted by Crippen LogP contribution is 2.30. The predicted octanol–water partition coefficient (Wildman–Crippen LogP) is 4.12. The summed E-state index contributed by atoms with van der Waals surface area (Å²) in [5.41, 5.74) is 4.31. The number of hydrogen-bond acceptors (Lipinski definition) is 5. The first-order valence-electron chi connectivity index (χ1n) is 10.6. The summed E-state index contributed by atoms with van der Waals surface area (Å²) < 4.78 is 6.19. The van der Waals surface area contributed by atoms with Gasteiger partial charge in [-0.15, -0.1) is 0 Å². The molecule has 1 saturated heterocycles. The van der Waals surface area contributed by atoms with Crippen LogP contribution in [0.4, 0.5) is 5.13 Å². The zero-order valence-electron chi connectivity index (χ0n) is 18.0. The number of hydrogen-bond donors (Lipinski definition) is 2. The number of anilines is 1. The molecule has 1 atom stereocenters. The summed E-state index contributed by atoms with van der Waals surface area (Å²) in [6.45, 7) is 3.11. The normalized spacial score (nSPS) is 16.2. The van der Waals surface area contributed by atoms with E-state index in [0.29, 0.717) is 18.2 Å². The minimum atomic E-state index is -0.366. The van der Waals surface area contributed by atoms with Gasteiger partial charge in [0.15, 0.2) is 5.13 Å². The third-order valence-corrected chi connectivity index (χ3v) is 6.92. The Bertz CT molecular complexity index is 1330. The van der Waals surface area contributed by atoms with Gasteiger partial charge in [-0.1, -0.05) is 23.0 Å². The van der Waals surface area contributed by atoms with Crippen LogP contribution >= 0.6 is 11.3 Å². The lowest BCUT2D eigenvalue weighted by Gasteiger charge is -2.16. The van der Waals surface area contributed by atoms with Gasteiger partial charge in [0.2, 0.25) is 11.8 Å². The summed E-state index contributed by atoms with van der Waals surface area (Å²) in [6.07, 6.45) is 3.00. The Morgan fingerprint density at radius 3 is 3.03 bits per heavy atom. The topological polar surface area (TPSA) is 87.3 Å². The van der Waals surface area contributed by atoms with Crippen molar-refractivity contribution in [1.29, 1.82) is 0 Å². The maximum atomic E-state index is 12.8. The minimum absolute atomic E-state index is 0.0233. The van der Waals surface area contributed by atoms with Crippen LogP contribution in [0.1, 0.15) is 17.5 Å². The van der Waals surface area contributed by atoms with Gasteiger partial charge in [-0.2, -0.15) is 0 Å². The molecule has 2 amide bonds. The van der Waals surface area contributed by atoms with Crippen LogP contribution in [0.25, 0.3) is 21.1 Å². The Morgan fingerprint density at radius 2 is 2.19 bits per heavy atom. The van der Waals surface area contributed by atoms with Gasteiger partial charge < -0.3 is 19.9 Å². The molecule has 1 unspecified atom stereocenters. The summed E-state index contributed by atoms with van der Waals surface area (Å²) in [5.74, 6) is 0.250. The Kier molecular flexibility index (Phi) is 5.30. The van der Waals surface area contributed by atoms with E-state index in [0.717, 1.165) is 27.9 Å². The molecule has 7 nitrogen and oxygen atoms in total. The molecule has 0 saturated carbocycles. The second kappa shape index (κ2) is 8.27. The Hall–Kier alpha value is -3.39. The van der Waals surface area contributed by atoms with Crippen molar-refractivity contribution in [2.45, 2.75) is 19.8 Å². The highest BCUT2D eigenvalue weighted by atomic mass is 32.1. The van der Waals surface area contributed by atoms with Crippen molar-refractivity contribution < 1.29 is 14.3 Å². The molecule has 1 aliphatic heterocycles. The SMILES string of the molecule is COc1ccc2nc(NC(=O)C3CC(=O)N(CCc4c[nH]c5ccc(C)cc45)C3)sc2c1. The molecule has 32 heavy (non-hydrogen) atoms. The van der Waals surface area contributed by atoms with E-state index in [-0.39, 0.29) is 24.2 Å². The highest BCUT2D eigenvalue weighted by Gasteiger charge is 2.34. The first kappa shape index (κ1) is 20.5. The second-order valence-corrected chi connectivity index (χ2v) is 9.23. The summed E-state index contributed by atoms with van der Waals surface area (Å²) in [6, 6.07) is 11.9. The Morgan fingerprint density at radius 1 is 1.31 bits per heavy atom. The molecule has 1 fully saturated rings. The lowest BCUT2D eigenvalue weighted by atomic mass is 10.1. The highest BCUT2D eigenvalue weighted by molar-refractivity contribution is 7.22. The van der Waals surface area contributed by atoms with Crippen molar-refractivity contribution in [3.8, 4) is 5.75 Å². The van der Waals surface area contributed by atoms with E-state index < -0.39 is 0 Å². The summed E-state index contributed by atoms with van der Waals surface area (Å²) in [4.78, 5) is 34.9. The number of nitrogens with one attached hydrogen (secondary N) is 2. The van der Waals surface area contributed by atoms with E-state index in [4.69, 9.17) is 4.74 Å². The summed E-state index contributed by atoms with van der Waals surface area (Å²) >= 11 is 1.40. The maximum Gasteiger partial charge on any atom is 0.231 e. The molecule has 0 spiro atoms. The van der Waals surface area contributed by atoms with Gasteiger partial charge in [-0.05, 0) is 49.2 Å². The van der Waals surface area contributed by atoms with Crippen LogP contribution in [0.2, 0.25) is 0 Å². The smallest absolute Gasteiger partial charge is 0.231 e. The van der Waals surface area contributed by atoms with E-state index in [1.54, 1.807) is 12.0 Å². The van der Waals surface area contributed by atoms with Gasteiger partial charge >= 0.3 is 0 Å². The first-order valence-corrected chi connectivity index (χ1v) is 11.4. The average Bonchev–Trinajstić information content (AvgIpc) is 3.47. The number of thiazole rings is 1. The van der Waals surface area contributed by atoms with Crippen molar-refractivity contribution >= 4 is 49.4 Å². The van der Waals surface area contributed by atoms with Crippen molar-refractivity contribution in [2.75, 3.05) is 25.5 Å². The predicted molar refractivity (Wildman–Crippen MR) is 126 cm³/mol. The van der Waals surface area contributed by atoms with Crippen molar-refractivity contribution in [3.05, 3.63) is 53.7 Å². The summed E-state index contributed by atoms with van der Waals surface area (Å²) in [5, 5.41) is 4.63. The van der Waals surface area contributed by atoms with E-state index in [9.17, 15) is 9.59 Å². The second-order valence-electron chi connectivity index (χ2n) is 8.20. The molecule has 5 rings (SSSR count). The summed E-state index contributed by atoms with van der Waals surface area (Å²) in [7, 11) is 1.62. The van der Waals surface area contributed by atoms with Crippen LogP contribution in [0.5, 0.6) is 5.75 Å². The number of carbonyl (C=O) groups is 2. The number of likely N-dealkylation sites (tertiary alicyclic amines) is 1. The number of carbonyl (C=O) groups excluding carboxylic acids is 2. The molecule has 0 radical (unpaired) electrons. The number of H-pyrrole nitrogens is 1. The number of ether oxygens (including phenoxy) is 1. The van der Waals surface area contributed by atoms with Crippen molar-refractivity contribution in [3.63, 3.8) is 0 Å². The first-order chi connectivity index (χ1) is 15.5. The third kappa shape index (κ3) is 3.93. The van der Waals surface area contributed by atoms with Gasteiger partial charge in [0, 0.05) is 36.6 Å². The molecular formula is C24H24N4O3S. The molecule has 1 aliphatic rings. The average molecular weight is 449 g/mol. The van der Waals surface area contributed by atoms with E-state index in [1.165, 1.54) is 27.8 Å². The molecule has 4 aromatic rings. The van der Waals surface area contributed by atoms with Crippen LogP contribution in [0.15, 0.2) is 42.6 Å². The van der Waals surface area contributed by atoms with Crippen molar-refractivity contribution in [2.24, 2.45) is 5.92 Å². The molecule has 164 valence electrons. The standard InChI is InChI=1S/C24H24N4O3S/c1-14-3-5-19-18(9-14)15(12-25-19)7-8-28-13-16(10-22(28)29)23(30)27-24-26-20-6-4-17(31-2)11-21(20)32-24/h3-6,9,11-12,16,25H,7-8,10,13H2,1-2H3,(H,26,27,30). The van der Waals surface area contributed by atoms with E-state index in [2.05, 4.69) is 40.4 Å². The number of benzene rings is 2. The monoisotopic (exact) mass is 448 g/mol. The zero-order chi connectivity index (χ0) is 22.2. The molecule has 0 bridgehead atoms. The molecule has 8 heteroatoms. The number of methoxy groups -OCH3 is 1. The fourth-order valence-corrected chi connectivity index (χ4v) is 5.11. The Balaban J connectivity index is 1.22. The zero-order valence-corrected chi connectivity index (χ0v) is 18.8. The molecule has 3 heterocycles. The van der Waals surface area contributed by atoms with Crippen LogP contribution in [-0.2, 0) is 16.0 Å². The Labute approximate surface area is 189 Å². The molecule has 0 aliphatic carbocycles. The third-order valence-electron chi connectivity index (χ3n) is 5.99. The number of amides is 2. The fourth-order valence-electron chi connectivity index (χ4n) is 4.21. The van der Waals surface area contributed by atoms with Crippen LogP contribution in [0.3, 0.4) is 0 Å². The number of aromatic nitrogens is 2. The van der Waals surface area contributed by atoms with Crippen LogP contribution in [-0.4, -0.2) is 46.9 Å². The largest absolute Gasteiger partial charge is 0.497 e. The van der Waals surface area contributed by atoms with Gasteiger partial charge in [-0.3, -0.25) is 9.59 Å². The molecular weight excluding hydrogens is 424 g/mol. The van der Waals surface area contributed by atoms with E-state index in [1.807, 2.05) is 24.4 Å². The number of nitrogens with zero attached hydrogens (tertiary/aromatic N) is 2. The van der Waals surface area contributed by atoms with Gasteiger partial charge in [0.05, 0.1) is 23.2 Å². The van der Waals surface area contributed by atoms with Gasteiger partial charge in [0.25, 0.3) is 0 Å². The number of aryl methyl sites for hydroxylation is 1. The van der Waals surface area contributed by atoms with Crippen LogP contribution in [0, 0.1) is 12.8 Å². The number of aromatic amines is 1. The maximum absolute atomic E-state index is 12.8. The molecule has 2 N–H and O–H groups in total. The fraction of sp³-hybridized carbons (Fsp3) is 0.292. The number of rotatable bonds is 6. The molecule has 2 aromatic heterocycles. The van der Waals surface area contributed by atoms with Gasteiger partial charge in [-0.25, -0.2) is 4.98 Å². The lowest BCUT2D eigenvalue weighted by Crippen LogP contribution is -2.29. The minimum Gasteiger partial charge on any atom is -0.497 e.